The molecule has 72 valence electrons. The molecule has 1 aliphatic carbocycles. The first kappa shape index (κ1) is 8.67. The lowest BCUT2D eigenvalue weighted by atomic mass is 9.88. The maximum absolute atomic E-state index is 3.50. The van der Waals surface area contributed by atoms with Crippen molar-refractivity contribution in [2.24, 2.45) is 5.92 Å². The normalized spacial score (nSPS) is 28.7. The van der Waals surface area contributed by atoms with Crippen LogP contribution in [0.1, 0.15) is 32.6 Å². The van der Waals surface area contributed by atoms with Crippen LogP contribution in [-0.4, -0.2) is 10.7 Å². The maximum Gasteiger partial charge on any atom is 0.0424 e. The molecule has 2 rings (SSSR count). The third-order valence-electron chi connectivity index (χ3n) is 2.95. The monoisotopic (exact) mass is 178 g/mol. The Hall–Kier alpha value is -0.920. The topological polar surface area (TPSA) is 17.0 Å². The third-order valence-corrected chi connectivity index (χ3v) is 2.95. The lowest BCUT2D eigenvalue weighted by Crippen LogP contribution is -2.30. The van der Waals surface area contributed by atoms with Crippen molar-refractivity contribution in [3.05, 3.63) is 24.5 Å². The van der Waals surface area contributed by atoms with Gasteiger partial charge in [0.15, 0.2) is 0 Å². The summed E-state index contributed by atoms with van der Waals surface area (Å²) in [6.07, 6.45) is 9.52. The van der Waals surface area contributed by atoms with E-state index in [-0.39, 0.29) is 0 Å². The zero-order valence-electron chi connectivity index (χ0n) is 8.24. The molecule has 1 aromatic heterocycles. The molecule has 0 radical (unpaired) electrons. The first-order chi connectivity index (χ1) is 6.34. The SMILES string of the molecule is CC1CCC(Nn2cccc2)CC1. The van der Waals surface area contributed by atoms with Gasteiger partial charge in [-0.05, 0) is 43.7 Å². The highest BCUT2D eigenvalue weighted by atomic mass is 15.4. The molecule has 1 aromatic rings. The number of aromatic nitrogens is 1. The van der Waals surface area contributed by atoms with E-state index in [2.05, 4.69) is 41.6 Å². The summed E-state index contributed by atoms with van der Waals surface area (Å²) in [4.78, 5) is 0. The van der Waals surface area contributed by atoms with Gasteiger partial charge < -0.3 is 5.43 Å². The van der Waals surface area contributed by atoms with E-state index in [1.54, 1.807) is 0 Å². The van der Waals surface area contributed by atoms with Gasteiger partial charge in [0.2, 0.25) is 0 Å². The highest BCUT2D eigenvalue weighted by Crippen LogP contribution is 2.23. The standard InChI is InChI=1S/C11H18N2/c1-10-4-6-11(7-5-10)12-13-8-2-3-9-13/h2-3,8-12H,4-7H2,1H3. The summed E-state index contributed by atoms with van der Waals surface area (Å²) in [6.45, 7) is 2.35. The van der Waals surface area contributed by atoms with Crippen LogP contribution in [0.25, 0.3) is 0 Å². The van der Waals surface area contributed by atoms with Gasteiger partial charge >= 0.3 is 0 Å². The Morgan fingerprint density at radius 2 is 1.69 bits per heavy atom. The predicted octanol–water partition coefficient (Wildman–Crippen LogP) is 2.61. The van der Waals surface area contributed by atoms with Crippen molar-refractivity contribution in [1.29, 1.82) is 0 Å². The minimum atomic E-state index is 0.684. The van der Waals surface area contributed by atoms with Crippen molar-refractivity contribution in [2.45, 2.75) is 38.6 Å². The summed E-state index contributed by atoms with van der Waals surface area (Å²) < 4.78 is 2.07. The molecule has 2 heteroatoms. The highest BCUT2D eigenvalue weighted by Gasteiger charge is 2.17. The molecule has 0 aromatic carbocycles. The van der Waals surface area contributed by atoms with Crippen LogP contribution in [0.3, 0.4) is 0 Å². The van der Waals surface area contributed by atoms with Crippen LogP contribution in [0.5, 0.6) is 0 Å². The molecule has 0 bridgehead atoms. The maximum atomic E-state index is 3.50. The number of hydrogen-bond acceptors (Lipinski definition) is 1. The van der Waals surface area contributed by atoms with Crippen molar-refractivity contribution in [2.75, 3.05) is 5.43 Å². The van der Waals surface area contributed by atoms with Crippen molar-refractivity contribution < 1.29 is 0 Å². The van der Waals surface area contributed by atoms with Gasteiger partial charge in [-0.15, -0.1) is 0 Å². The molecule has 1 N–H and O–H groups in total. The number of rotatable bonds is 2. The molecule has 0 atom stereocenters. The van der Waals surface area contributed by atoms with Gasteiger partial charge in [0.05, 0.1) is 0 Å². The van der Waals surface area contributed by atoms with E-state index in [0.29, 0.717) is 6.04 Å². The Bertz CT molecular complexity index is 233. The fraction of sp³-hybridized carbons (Fsp3) is 0.636. The molecule has 1 saturated carbocycles. The van der Waals surface area contributed by atoms with Crippen LogP contribution < -0.4 is 5.43 Å². The zero-order valence-corrected chi connectivity index (χ0v) is 8.24. The minimum absolute atomic E-state index is 0.684. The smallest absolute Gasteiger partial charge is 0.0424 e. The molecule has 0 saturated heterocycles. The summed E-state index contributed by atoms with van der Waals surface area (Å²) in [5.41, 5.74) is 3.50. The fourth-order valence-electron chi connectivity index (χ4n) is 2.02. The largest absolute Gasteiger partial charge is 0.323 e. The number of nitrogens with zero attached hydrogens (tertiary/aromatic N) is 1. The average molecular weight is 178 g/mol. The Morgan fingerprint density at radius 3 is 2.31 bits per heavy atom. The summed E-state index contributed by atoms with van der Waals surface area (Å²) in [5.74, 6) is 0.933. The van der Waals surface area contributed by atoms with Gasteiger partial charge in [0, 0.05) is 18.4 Å². The molecule has 0 spiro atoms. The van der Waals surface area contributed by atoms with Gasteiger partial charge in [0.1, 0.15) is 0 Å². The molecular weight excluding hydrogens is 160 g/mol. The lowest BCUT2D eigenvalue weighted by molar-refractivity contribution is 0.348. The average Bonchev–Trinajstić information content (AvgIpc) is 2.62. The molecule has 0 aliphatic heterocycles. The molecule has 1 heterocycles. The molecule has 1 aliphatic rings. The number of hydrogen-bond donors (Lipinski definition) is 1. The van der Waals surface area contributed by atoms with Crippen molar-refractivity contribution in [3.8, 4) is 0 Å². The van der Waals surface area contributed by atoms with Gasteiger partial charge in [-0.1, -0.05) is 6.92 Å². The van der Waals surface area contributed by atoms with Crippen molar-refractivity contribution in [1.82, 2.24) is 4.68 Å². The zero-order chi connectivity index (χ0) is 9.10. The van der Waals surface area contributed by atoms with Crippen LogP contribution in [0.4, 0.5) is 0 Å². The van der Waals surface area contributed by atoms with Crippen molar-refractivity contribution >= 4 is 0 Å². The molecule has 0 amide bonds. The Kier molecular flexibility index (Phi) is 2.57. The van der Waals surface area contributed by atoms with Gasteiger partial charge in [-0.3, -0.25) is 4.68 Å². The summed E-state index contributed by atoms with van der Waals surface area (Å²) >= 11 is 0. The Balaban J connectivity index is 1.83. The summed E-state index contributed by atoms with van der Waals surface area (Å²) in [7, 11) is 0. The predicted molar refractivity (Wildman–Crippen MR) is 55.2 cm³/mol. The van der Waals surface area contributed by atoms with Gasteiger partial charge in [-0.25, -0.2) is 0 Å². The van der Waals surface area contributed by atoms with Crippen LogP contribution in [0.2, 0.25) is 0 Å². The first-order valence-electron chi connectivity index (χ1n) is 5.24. The second-order valence-corrected chi connectivity index (χ2v) is 4.18. The minimum Gasteiger partial charge on any atom is -0.323 e. The van der Waals surface area contributed by atoms with E-state index >= 15 is 0 Å². The van der Waals surface area contributed by atoms with E-state index in [1.807, 2.05) is 0 Å². The fourth-order valence-corrected chi connectivity index (χ4v) is 2.02. The highest BCUT2D eigenvalue weighted by molar-refractivity contribution is 4.96. The number of nitrogens with one attached hydrogen (secondary N) is 1. The Morgan fingerprint density at radius 1 is 1.08 bits per heavy atom. The first-order valence-corrected chi connectivity index (χ1v) is 5.24. The van der Waals surface area contributed by atoms with Gasteiger partial charge in [0.25, 0.3) is 0 Å². The van der Waals surface area contributed by atoms with Crippen LogP contribution in [-0.2, 0) is 0 Å². The third kappa shape index (κ3) is 2.27. The van der Waals surface area contributed by atoms with Crippen LogP contribution in [0.15, 0.2) is 24.5 Å². The molecular formula is C11H18N2. The van der Waals surface area contributed by atoms with Crippen LogP contribution >= 0.6 is 0 Å². The second kappa shape index (κ2) is 3.86. The van der Waals surface area contributed by atoms with E-state index in [0.717, 1.165) is 5.92 Å². The summed E-state index contributed by atoms with van der Waals surface area (Å²) in [5, 5.41) is 0. The molecule has 2 nitrogen and oxygen atoms in total. The van der Waals surface area contributed by atoms with E-state index < -0.39 is 0 Å². The molecule has 0 unspecified atom stereocenters. The molecule has 13 heavy (non-hydrogen) atoms. The van der Waals surface area contributed by atoms with Crippen molar-refractivity contribution in [3.63, 3.8) is 0 Å². The van der Waals surface area contributed by atoms with E-state index in [4.69, 9.17) is 0 Å². The lowest BCUT2D eigenvalue weighted by Gasteiger charge is -2.27. The Labute approximate surface area is 79.9 Å². The second-order valence-electron chi connectivity index (χ2n) is 4.18. The van der Waals surface area contributed by atoms with Crippen LogP contribution in [0, 0.1) is 5.92 Å². The summed E-state index contributed by atoms with van der Waals surface area (Å²) in [6, 6.07) is 4.79. The van der Waals surface area contributed by atoms with E-state index in [9.17, 15) is 0 Å². The quantitative estimate of drug-likeness (QED) is 0.736. The van der Waals surface area contributed by atoms with Gasteiger partial charge in [-0.2, -0.15) is 0 Å². The van der Waals surface area contributed by atoms with E-state index in [1.165, 1.54) is 25.7 Å². The molecule has 1 fully saturated rings.